The molecular weight excluding hydrogens is 500 g/mol. The molecule has 2 heterocycles. The van der Waals surface area contributed by atoms with Crippen LogP contribution < -0.4 is 11.2 Å². The molecule has 9 nitrogen and oxygen atoms in total. The molecule has 0 aliphatic carbocycles. The van der Waals surface area contributed by atoms with Gasteiger partial charge >= 0.3 is 5.69 Å². The van der Waals surface area contributed by atoms with E-state index in [2.05, 4.69) is 20.9 Å². The van der Waals surface area contributed by atoms with Crippen LogP contribution in [0.1, 0.15) is 12.5 Å². The number of rotatable bonds is 7. The fraction of sp³-hybridized carbons (Fsp3) is 0.389. The predicted octanol–water partition coefficient (Wildman–Crippen LogP) is 1.97. The molecule has 1 atom stereocenters. The van der Waals surface area contributed by atoms with Crippen LogP contribution in [0.25, 0.3) is 11.2 Å². The summed E-state index contributed by atoms with van der Waals surface area (Å²) in [5.74, 6) is -0.248. The summed E-state index contributed by atoms with van der Waals surface area (Å²) in [4.78, 5) is 30.4. The molecule has 0 amide bonds. The molecule has 0 saturated heterocycles. The molecule has 2 aromatic heterocycles. The maximum Gasteiger partial charge on any atom is 0.332 e. The molecule has 30 heavy (non-hydrogen) atoms. The highest BCUT2D eigenvalue weighted by Gasteiger charge is 2.21. The molecule has 3 aromatic rings. The molecule has 12 heteroatoms. The second-order valence-electron chi connectivity index (χ2n) is 7.08. The van der Waals surface area contributed by atoms with Crippen molar-refractivity contribution in [1.82, 2.24) is 18.7 Å². The van der Waals surface area contributed by atoms with Crippen LogP contribution in [-0.4, -0.2) is 40.0 Å². The summed E-state index contributed by atoms with van der Waals surface area (Å²) in [6.45, 7) is 2.00. The molecule has 0 spiro atoms. The minimum absolute atomic E-state index is 0.0106. The Balaban J connectivity index is 2.09. The summed E-state index contributed by atoms with van der Waals surface area (Å²) in [5, 5.41) is 0.452. The number of benzene rings is 1. The summed E-state index contributed by atoms with van der Waals surface area (Å²) in [6, 6.07) is 6.98. The van der Waals surface area contributed by atoms with Crippen LogP contribution in [0.3, 0.4) is 0 Å². The van der Waals surface area contributed by atoms with Gasteiger partial charge in [0.05, 0.1) is 19.4 Å². The van der Waals surface area contributed by atoms with Crippen molar-refractivity contribution in [2.45, 2.75) is 20.0 Å². The van der Waals surface area contributed by atoms with Gasteiger partial charge in [0.25, 0.3) is 15.7 Å². The highest BCUT2D eigenvalue weighted by Crippen LogP contribution is 2.20. The van der Waals surface area contributed by atoms with Crippen LogP contribution >= 0.6 is 27.5 Å². The molecule has 0 aliphatic heterocycles. The van der Waals surface area contributed by atoms with Crippen LogP contribution in [0.5, 0.6) is 0 Å². The van der Waals surface area contributed by atoms with Crippen LogP contribution in [0.4, 0.5) is 0 Å². The summed E-state index contributed by atoms with van der Waals surface area (Å²) < 4.78 is 31.7. The zero-order valence-corrected chi connectivity index (χ0v) is 19.7. The lowest BCUT2D eigenvalue weighted by Crippen LogP contribution is -2.40. The lowest BCUT2D eigenvalue weighted by atomic mass is 10.2. The van der Waals surface area contributed by atoms with E-state index in [0.717, 1.165) is 10.8 Å². The molecule has 0 fully saturated rings. The molecule has 3 rings (SSSR count). The predicted molar refractivity (Wildman–Crippen MR) is 117 cm³/mol. The first-order chi connectivity index (χ1) is 14.0. The van der Waals surface area contributed by atoms with E-state index in [4.69, 9.17) is 15.8 Å². The monoisotopic (exact) mass is 518 g/mol. The van der Waals surface area contributed by atoms with Gasteiger partial charge in [-0.25, -0.2) is 9.78 Å². The molecule has 0 N–H and O–H groups in total. The summed E-state index contributed by atoms with van der Waals surface area (Å²) in [6.07, 6.45) is 0.978. The van der Waals surface area contributed by atoms with Crippen molar-refractivity contribution < 1.29 is 12.6 Å². The van der Waals surface area contributed by atoms with Crippen LogP contribution in [-0.2, 0) is 34.4 Å². The Kier molecular flexibility index (Phi) is 6.56. The van der Waals surface area contributed by atoms with Crippen LogP contribution in [0.15, 0.2) is 38.6 Å². The highest BCUT2D eigenvalue weighted by molar-refractivity contribution is 9.10. The van der Waals surface area contributed by atoms with Crippen molar-refractivity contribution in [3.05, 3.63) is 60.4 Å². The van der Waals surface area contributed by atoms with Gasteiger partial charge in [0.15, 0.2) is 15.9 Å². The molecule has 1 unspecified atom stereocenters. The zero-order chi connectivity index (χ0) is 22.2. The minimum atomic E-state index is -3.58. The van der Waals surface area contributed by atoms with E-state index in [0.29, 0.717) is 15.3 Å². The fourth-order valence-corrected chi connectivity index (χ4v) is 4.22. The second-order valence-corrected chi connectivity index (χ2v) is 9.84. The molecule has 0 aliphatic rings. The van der Waals surface area contributed by atoms with E-state index in [-0.39, 0.29) is 36.8 Å². The summed E-state index contributed by atoms with van der Waals surface area (Å²) in [5.41, 5.74) is 0.0593. The number of aromatic nitrogens is 4. The third-order valence-corrected chi connectivity index (χ3v) is 6.07. The first-order valence-electron chi connectivity index (χ1n) is 8.93. The molecule has 1 aromatic carbocycles. The zero-order valence-electron chi connectivity index (χ0n) is 16.5. The first-order valence-corrected chi connectivity index (χ1v) is 11.9. The molecule has 0 saturated carbocycles. The van der Waals surface area contributed by atoms with Crippen molar-refractivity contribution in [2.24, 2.45) is 13.0 Å². The van der Waals surface area contributed by atoms with E-state index in [1.54, 1.807) is 35.8 Å². The molecule has 162 valence electrons. The number of nitrogens with zero attached hydrogens (tertiary/aromatic N) is 4. The standard InChI is InChI=1S/C18H20BrClN4O5S/c1-11(10-29-30(3,27)28)8-23-14-15(21-17(23)19)22(2)18(26)24(16(14)25)9-12-6-4-5-7-13(12)20/h4-7,11H,8-10H2,1-3H3. The number of hydrogen-bond acceptors (Lipinski definition) is 6. The number of fused-ring (bicyclic) bond motifs is 1. The molecule has 0 bridgehead atoms. The average molecular weight is 520 g/mol. The number of aryl methyl sites for hydroxylation is 1. The smallest absolute Gasteiger partial charge is 0.312 e. The third-order valence-electron chi connectivity index (χ3n) is 4.53. The number of hydrogen-bond donors (Lipinski definition) is 0. The van der Waals surface area contributed by atoms with Crippen molar-refractivity contribution in [2.75, 3.05) is 12.9 Å². The number of halogens is 2. The van der Waals surface area contributed by atoms with Gasteiger partial charge in [0.2, 0.25) is 0 Å². The normalized spacial score (nSPS) is 13.1. The average Bonchev–Trinajstić information content (AvgIpc) is 2.99. The van der Waals surface area contributed by atoms with Gasteiger partial charge in [-0.15, -0.1) is 0 Å². The lowest BCUT2D eigenvalue weighted by molar-refractivity contribution is 0.252. The Hall–Kier alpha value is -1.95. The topological polar surface area (TPSA) is 105 Å². The van der Waals surface area contributed by atoms with Crippen LogP contribution in [0.2, 0.25) is 5.02 Å². The maximum absolute atomic E-state index is 13.2. The van der Waals surface area contributed by atoms with E-state index < -0.39 is 21.4 Å². The Bertz CT molecular complexity index is 1330. The van der Waals surface area contributed by atoms with Gasteiger partial charge in [0, 0.05) is 18.6 Å². The fourth-order valence-electron chi connectivity index (χ4n) is 3.05. The van der Waals surface area contributed by atoms with Crippen molar-refractivity contribution >= 4 is 48.8 Å². The van der Waals surface area contributed by atoms with Gasteiger partial charge in [-0.2, -0.15) is 8.42 Å². The van der Waals surface area contributed by atoms with Gasteiger partial charge in [0.1, 0.15) is 0 Å². The first kappa shape index (κ1) is 22.7. The highest BCUT2D eigenvalue weighted by atomic mass is 79.9. The van der Waals surface area contributed by atoms with Crippen molar-refractivity contribution in [3.8, 4) is 0 Å². The van der Waals surface area contributed by atoms with Gasteiger partial charge in [-0.05, 0) is 33.5 Å². The Morgan fingerprint density at radius 3 is 2.53 bits per heavy atom. The summed E-state index contributed by atoms with van der Waals surface area (Å²) >= 11 is 9.53. The van der Waals surface area contributed by atoms with E-state index >= 15 is 0 Å². The SMILES string of the molecule is CC(COS(C)(=O)=O)Cn1c(Br)nc2c1c(=O)n(Cc1ccccc1Cl)c(=O)n2C. The van der Waals surface area contributed by atoms with E-state index in [1.165, 1.54) is 11.6 Å². The van der Waals surface area contributed by atoms with Gasteiger partial charge in [-0.1, -0.05) is 36.7 Å². The Labute approximate surface area is 186 Å². The van der Waals surface area contributed by atoms with E-state index in [9.17, 15) is 18.0 Å². The largest absolute Gasteiger partial charge is 0.332 e. The van der Waals surface area contributed by atoms with Crippen molar-refractivity contribution in [1.29, 1.82) is 0 Å². The quantitative estimate of drug-likeness (QED) is 0.349. The van der Waals surface area contributed by atoms with Crippen molar-refractivity contribution in [3.63, 3.8) is 0 Å². The Morgan fingerprint density at radius 2 is 1.90 bits per heavy atom. The second kappa shape index (κ2) is 8.66. The van der Waals surface area contributed by atoms with E-state index in [1.807, 2.05) is 0 Å². The molecule has 0 radical (unpaired) electrons. The lowest BCUT2D eigenvalue weighted by Gasteiger charge is -2.14. The van der Waals surface area contributed by atoms with Gasteiger partial charge in [-0.3, -0.25) is 18.1 Å². The maximum atomic E-state index is 13.2. The third kappa shape index (κ3) is 4.69. The van der Waals surface area contributed by atoms with Gasteiger partial charge < -0.3 is 4.57 Å². The summed E-state index contributed by atoms with van der Waals surface area (Å²) in [7, 11) is -2.04. The Morgan fingerprint density at radius 1 is 1.23 bits per heavy atom. The minimum Gasteiger partial charge on any atom is -0.312 e. The van der Waals surface area contributed by atoms with Crippen LogP contribution in [0, 0.1) is 5.92 Å². The number of imidazole rings is 1. The molecular formula is C18H20BrClN4O5S.